The molecule has 2 aromatic heterocycles. The van der Waals surface area contributed by atoms with Gasteiger partial charge in [0.1, 0.15) is 0 Å². The molecular weight excluding hydrogens is 226 g/mol. The van der Waals surface area contributed by atoms with Crippen LogP contribution in [-0.4, -0.2) is 16.1 Å². The number of carbonyl (C=O) groups is 1. The van der Waals surface area contributed by atoms with Crippen LogP contribution >= 0.6 is 23.7 Å². The minimum atomic E-state index is -1.02. The first kappa shape index (κ1) is 10.7. The lowest BCUT2D eigenvalue weighted by Crippen LogP contribution is -2.00. The zero-order chi connectivity index (χ0) is 9.42. The number of pyridine rings is 1. The SMILES string of the molecule is Cl.O=C(O)c1csc2c(=O)cc[nH]c12. The van der Waals surface area contributed by atoms with Crippen LogP contribution in [0.15, 0.2) is 22.4 Å². The average molecular weight is 232 g/mol. The first-order valence-corrected chi connectivity index (χ1v) is 4.40. The number of halogens is 1. The number of aromatic carboxylic acids is 1. The van der Waals surface area contributed by atoms with Crippen molar-refractivity contribution in [3.8, 4) is 0 Å². The van der Waals surface area contributed by atoms with Gasteiger partial charge in [0, 0.05) is 17.6 Å². The zero-order valence-corrected chi connectivity index (χ0v) is 8.45. The van der Waals surface area contributed by atoms with Crippen molar-refractivity contribution in [1.82, 2.24) is 4.98 Å². The lowest BCUT2D eigenvalue weighted by Gasteiger charge is -1.90. The van der Waals surface area contributed by atoms with Crippen molar-refractivity contribution in [3.63, 3.8) is 0 Å². The highest BCUT2D eigenvalue weighted by atomic mass is 35.5. The quantitative estimate of drug-likeness (QED) is 0.785. The Morgan fingerprint density at radius 3 is 2.86 bits per heavy atom. The second-order valence-corrected chi connectivity index (χ2v) is 3.38. The second-order valence-electron chi connectivity index (χ2n) is 2.50. The van der Waals surface area contributed by atoms with E-state index in [0.717, 1.165) is 11.3 Å². The Morgan fingerprint density at radius 2 is 2.21 bits per heavy atom. The summed E-state index contributed by atoms with van der Waals surface area (Å²) in [5, 5.41) is 10.2. The van der Waals surface area contributed by atoms with Crippen molar-refractivity contribution >= 4 is 39.9 Å². The number of aromatic nitrogens is 1. The molecule has 0 amide bonds. The lowest BCUT2D eigenvalue weighted by atomic mass is 10.3. The number of carboxylic acid groups (broad SMARTS) is 1. The fraction of sp³-hybridized carbons (Fsp3) is 0. The summed E-state index contributed by atoms with van der Waals surface area (Å²) in [6.07, 6.45) is 1.45. The fourth-order valence-electron chi connectivity index (χ4n) is 1.12. The van der Waals surface area contributed by atoms with E-state index in [1.165, 1.54) is 17.6 Å². The van der Waals surface area contributed by atoms with E-state index in [-0.39, 0.29) is 23.4 Å². The normalized spacial score (nSPS) is 9.71. The molecule has 0 aliphatic rings. The number of hydrogen-bond acceptors (Lipinski definition) is 3. The Bertz CT molecular complexity index is 531. The molecule has 0 aliphatic heterocycles. The van der Waals surface area contributed by atoms with Crippen molar-refractivity contribution in [2.24, 2.45) is 0 Å². The molecule has 0 saturated heterocycles. The first-order valence-electron chi connectivity index (χ1n) is 3.52. The van der Waals surface area contributed by atoms with Crippen LogP contribution in [0.2, 0.25) is 0 Å². The monoisotopic (exact) mass is 231 g/mol. The summed E-state index contributed by atoms with van der Waals surface area (Å²) in [5.41, 5.74) is 0.411. The number of thiophene rings is 1. The highest BCUT2D eigenvalue weighted by Crippen LogP contribution is 2.20. The number of H-pyrrole nitrogens is 1. The van der Waals surface area contributed by atoms with E-state index in [0.29, 0.717) is 10.2 Å². The summed E-state index contributed by atoms with van der Waals surface area (Å²) in [4.78, 5) is 24.6. The van der Waals surface area contributed by atoms with Crippen LogP contribution in [0, 0.1) is 0 Å². The second kappa shape index (κ2) is 3.81. The topological polar surface area (TPSA) is 70.2 Å². The van der Waals surface area contributed by atoms with E-state index in [9.17, 15) is 9.59 Å². The van der Waals surface area contributed by atoms with E-state index < -0.39 is 5.97 Å². The van der Waals surface area contributed by atoms with Gasteiger partial charge < -0.3 is 10.1 Å². The lowest BCUT2D eigenvalue weighted by molar-refractivity contribution is 0.0699. The molecular formula is C8H6ClNO3S. The molecule has 2 N–H and O–H groups in total. The molecule has 6 heteroatoms. The Labute approximate surface area is 88.6 Å². The van der Waals surface area contributed by atoms with Crippen LogP contribution in [0.4, 0.5) is 0 Å². The Kier molecular flexibility index (Phi) is 2.93. The molecule has 0 fully saturated rings. The molecule has 2 rings (SSSR count). The van der Waals surface area contributed by atoms with Crippen LogP contribution in [0.5, 0.6) is 0 Å². The fourth-order valence-corrected chi connectivity index (χ4v) is 2.04. The van der Waals surface area contributed by atoms with Gasteiger partial charge in [-0.1, -0.05) is 0 Å². The standard InChI is InChI=1S/C8H5NO3S.ClH/c10-5-1-2-9-6-4(8(11)12)3-13-7(5)6;/h1-3H,(H,9,10)(H,11,12);1H. The minimum absolute atomic E-state index is 0. The summed E-state index contributed by atoms with van der Waals surface area (Å²) in [6.45, 7) is 0. The molecule has 2 heterocycles. The Hall–Kier alpha value is -1.33. The average Bonchev–Trinajstić information content (AvgIpc) is 2.48. The smallest absolute Gasteiger partial charge is 0.338 e. The Morgan fingerprint density at radius 1 is 1.50 bits per heavy atom. The van der Waals surface area contributed by atoms with Crippen LogP contribution in [-0.2, 0) is 0 Å². The van der Waals surface area contributed by atoms with Crippen molar-refractivity contribution in [2.45, 2.75) is 0 Å². The molecule has 0 atom stereocenters. The van der Waals surface area contributed by atoms with Gasteiger partial charge in [-0.15, -0.1) is 23.7 Å². The molecule has 0 aromatic carbocycles. The highest BCUT2D eigenvalue weighted by Gasteiger charge is 2.11. The number of carboxylic acids is 1. The molecule has 74 valence electrons. The van der Waals surface area contributed by atoms with Crippen LogP contribution < -0.4 is 5.43 Å². The van der Waals surface area contributed by atoms with E-state index in [4.69, 9.17) is 5.11 Å². The van der Waals surface area contributed by atoms with Crippen molar-refractivity contribution in [3.05, 3.63) is 33.4 Å². The molecule has 0 bridgehead atoms. The van der Waals surface area contributed by atoms with Gasteiger partial charge in [-0.05, 0) is 0 Å². The Balaban J connectivity index is 0.000000980. The molecule has 4 nitrogen and oxygen atoms in total. The van der Waals surface area contributed by atoms with Gasteiger partial charge in [0.15, 0.2) is 5.43 Å². The van der Waals surface area contributed by atoms with Crippen LogP contribution in [0.3, 0.4) is 0 Å². The van der Waals surface area contributed by atoms with Crippen molar-refractivity contribution in [1.29, 1.82) is 0 Å². The van der Waals surface area contributed by atoms with Crippen molar-refractivity contribution < 1.29 is 9.90 Å². The van der Waals surface area contributed by atoms with E-state index in [1.807, 2.05) is 0 Å². The molecule has 14 heavy (non-hydrogen) atoms. The predicted octanol–water partition coefficient (Wildman–Crippen LogP) is 1.71. The third-order valence-corrected chi connectivity index (χ3v) is 2.70. The summed E-state index contributed by atoms with van der Waals surface area (Å²) in [5.74, 6) is -1.02. The maximum absolute atomic E-state index is 11.2. The maximum atomic E-state index is 11.2. The van der Waals surface area contributed by atoms with Gasteiger partial charge in [0.2, 0.25) is 0 Å². The molecule has 0 unspecified atom stereocenters. The van der Waals surface area contributed by atoms with Gasteiger partial charge in [0.05, 0.1) is 15.8 Å². The largest absolute Gasteiger partial charge is 0.478 e. The summed E-state index contributed by atoms with van der Waals surface area (Å²) >= 11 is 1.14. The molecule has 2 aromatic rings. The van der Waals surface area contributed by atoms with Crippen LogP contribution in [0.1, 0.15) is 10.4 Å². The van der Waals surface area contributed by atoms with Gasteiger partial charge in [0.25, 0.3) is 0 Å². The summed E-state index contributed by atoms with van der Waals surface area (Å²) in [6, 6.07) is 1.38. The molecule has 0 radical (unpaired) electrons. The zero-order valence-electron chi connectivity index (χ0n) is 6.81. The van der Waals surface area contributed by atoms with E-state index >= 15 is 0 Å². The third kappa shape index (κ3) is 1.51. The van der Waals surface area contributed by atoms with E-state index in [2.05, 4.69) is 4.98 Å². The molecule has 0 aliphatic carbocycles. The van der Waals surface area contributed by atoms with Gasteiger partial charge in [-0.3, -0.25) is 4.79 Å². The first-order chi connectivity index (χ1) is 6.20. The summed E-state index contributed by atoms with van der Waals surface area (Å²) < 4.78 is 0.458. The highest BCUT2D eigenvalue weighted by molar-refractivity contribution is 7.17. The summed E-state index contributed by atoms with van der Waals surface area (Å²) in [7, 11) is 0. The third-order valence-electron chi connectivity index (χ3n) is 1.71. The predicted molar refractivity (Wildman–Crippen MR) is 56.7 cm³/mol. The van der Waals surface area contributed by atoms with Crippen LogP contribution in [0.25, 0.3) is 10.2 Å². The van der Waals surface area contributed by atoms with Crippen molar-refractivity contribution in [2.75, 3.05) is 0 Å². The number of rotatable bonds is 1. The van der Waals surface area contributed by atoms with Gasteiger partial charge in [-0.25, -0.2) is 4.79 Å². The minimum Gasteiger partial charge on any atom is -0.478 e. The molecule has 0 saturated carbocycles. The van der Waals surface area contributed by atoms with Gasteiger partial charge in [-0.2, -0.15) is 0 Å². The van der Waals surface area contributed by atoms with Gasteiger partial charge >= 0.3 is 5.97 Å². The van der Waals surface area contributed by atoms with E-state index in [1.54, 1.807) is 0 Å². The number of aromatic amines is 1. The number of fused-ring (bicyclic) bond motifs is 1. The maximum Gasteiger partial charge on any atom is 0.338 e. The molecule has 0 spiro atoms. The number of nitrogens with one attached hydrogen (secondary N) is 1. The number of hydrogen-bond donors (Lipinski definition) is 2.